The molecule has 38 heavy (non-hydrogen) atoms. The number of aliphatic carboxylic acids is 1. The van der Waals surface area contributed by atoms with Gasteiger partial charge in [0.2, 0.25) is 0 Å². The maximum absolute atomic E-state index is 13.2. The average Bonchev–Trinajstić information content (AvgIpc) is 3.20. The van der Waals surface area contributed by atoms with Gasteiger partial charge >= 0.3 is 12.1 Å². The van der Waals surface area contributed by atoms with E-state index < -0.39 is 23.3 Å². The molecule has 2 aliphatic rings. The Bertz CT molecular complexity index is 1550. The number of nitrogens with two attached hydrogens (primary N) is 1. The van der Waals surface area contributed by atoms with E-state index in [1.807, 2.05) is 4.40 Å². The number of hydrogen-bond acceptors (Lipinski definition) is 5. The van der Waals surface area contributed by atoms with Gasteiger partial charge in [0.1, 0.15) is 28.5 Å². The summed E-state index contributed by atoms with van der Waals surface area (Å²) in [5.74, 6) is 0.551. The fourth-order valence-electron chi connectivity index (χ4n) is 6.11. The Morgan fingerprint density at radius 3 is 2.34 bits per heavy atom. The molecule has 0 spiro atoms. The van der Waals surface area contributed by atoms with Gasteiger partial charge in [0, 0.05) is 23.9 Å². The number of nitrogens with zero attached hydrogens (tertiary/aromatic N) is 3. The Morgan fingerprint density at radius 2 is 1.71 bits per heavy atom. The van der Waals surface area contributed by atoms with Crippen molar-refractivity contribution in [3.8, 4) is 11.3 Å². The molecule has 5 atom stereocenters. The third kappa shape index (κ3) is 3.82. The minimum atomic E-state index is -4.52. The lowest BCUT2D eigenvalue weighted by molar-refractivity contribution is -0.139. The molecule has 1 unspecified atom stereocenters. The third-order valence-electron chi connectivity index (χ3n) is 8.18. The number of aromatic nitrogens is 3. The van der Waals surface area contributed by atoms with Crippen molar-refractivity contribution in [2.75, 3.05) is 5.73 Å². The van der Waals surface area contributed by atoms with Crippen molar-refractivity contribution in [2.24, 2.45) is 17.8 Å². The third-order valence-corrected chi connectivity index (χ3v) is 8.18. The van der Waals surface area contributed by atoms with Crippen LogP contribution in [0, 0.1) is 17.8 Å². The van der Waals surface area contributed by atoms with Crippen LogP contribution in [-0.4, -0.2) is 30.6 Å². The SMILES string of the molecule is CC(O)(c1ccc(-c2nc([C@@H]3C[C@@H]4[C@H](C3)[C@@H]4C(=O)O)n3ccnc(N)c23)cc1)c1cccc(C(F)(F)F)c1. The van der Waals surface area contributed by atoms with Gasteiger partial charge in [-0.25, -0.2) is 9.97 Å². The van der Waals surface area contributed by atoms with Gasteiger partial charge in [-0.05, 0) is 54.9 Å². The number of carboxylic acids is 1. The highest BCUT2D eigenvalue weighted by Gasteiger charge is 2.60. The minimum absolute atomic E-state index is 0.101. The molecule has 2 aromatic carbocycles. The number of carbonyl (C=O) groups is 1. The molecule has 0 bridgehead atoms. The summed E-state index contributed by atoms with van der Waals surface area (Å²) < 4.78 is 41.6. The molecule has 4 N–H and O–H groups in total. The summed E-state index contributed by atoms with van der Waals surface area (Å²) in [6.45, 7) is 1.46. The first-order chi connectivity index (χ1) is 18.0. The molecule has 196 valence electrons. The second kappa shape index (κ2) is 8.29. The fourth-order valence-corrected chi connectivity index (χ4v) is 6.11. The molecule has 10 heteroatoms. The van der Waals surface area contributed by atoms with Gasteiger partial charge < -0.3 is 15.9 Å². The predicted octanol–water partition coefficient (Wildman–Crippen LogP) is 5.08. The molecule has 2 aromatic heterocycles. The molecule has 2 fully saturated rings. The van der Waals surface area contributed by atoms with Crippen LogP contribution in [0.5, 0.6) is 0 Å². The number of rotatable bonds is 5. The standard InChI is InChI=1S/C28H25F3N4O3/c1-27(38,17-3-2-4-18(13-17)28(29,30)31)16-7-5-14(6-8-16)22-23-24(32)33-9-10-35(23)25(34-22)15-11-19-20(12-15)21(19)26(36)37/h2-10,13,15,19-21,38H,11-12H2,1H3,(H2,32,33)(H,36,37)/t15-,19-,20+,21-,27?. The Labute approximate surface area is 215 Å². The number of anilines is 1. The van der Waals surface area contributed by atoms with E-state index in [0.29, 0.717) is 28.2 Å². The molecule has 6 rings (SSSR count). The molecule has 0 radical (unpaired) electrons. The molecular weight excluding hydrogens is 497 g/mol. The largest absolute Gasteiger partial charge is 0.481 e. The summed E-state index contributed by atoms with van der Waals surface area (Å²) in [4.78, 5) is 20.5. The van der Waals surface area contributed by atoms with Crippen molar-refractivity contribution in [3.05, 3.63) is 83.4 Å². The summed E-state index contributed by atoms with van der Waals surface area (Å²) in [6, 6.07) is 11.5. The topological polar surface area (TPSA) is 114 Å². The molecule has 2 aliphatic carbocycles. The van der Waals surface area contributed by atoms with Gasteiger partial charge in [-0.3, -0.25) is 9.20 Å². The number of carboxylic acid groups (broad SMARTS) is 1. The zero-order chi connectivity index (χ0) is 27.0. The molecule has 0 amide bonds. The first-order valence-electron chi connectivity index (χ1n) is 12.3. The van der Waals surface area contributed by atoms with Crippen molar-refractivity contribution < 1.29 is 28.2 Å². The van der Waals surface area contributed by atoms with Crippen molar-refractivity contribution in [1.29, 1.82) is 0 Å². The van der Waals surface area contributed by atoms with Gasteiger partial charge in [0.05, 0.1) is 11.5 Å². The van der Waals surface area contributed by atoms with E-state index in [9.17, 15) is 28.2 Å². The van der Waals surface area contributed by atoms with Gasteiger partial charge in [0.25, 0.3) is 0 Å². The van der Waals surface area contributed by atoms with E-state index >= 15 is 0 Å². The van der Waals surface area contributed by atoms with Gasteiger partial charge in [-0.2, -0.15) is 13.2 Å². The van der Waals surface area contributed by atoms with Crippen molar-refractivity contribution in [2.45, 2.75) is 37.5 Å². The highest BCUT2D eigenvalue weighted by atomic mass is 19.4. The van der Waals surface area contributed by atoms with Crippen LogP contribution in [0.2, 0.25) is 0 Å². The van der Waals surface area contributed by atoms with Gasteiger partial charge in [-0.1, -0.05) is 36.4 Å². The fraction of sp³-hybridized carbons (Fsp3) is 0.321. The zero-order valence-electron chi connectivity index (χ0n) is 20.4. The molecule has 2 saturated carbocycles. The Hall–Kier alpha value is -3.92. The summed E-state index contributed by atoms with van der Waals surface area (Å²) in [6.07, 6.45) is 0.381. The van der Waals surface area contributed by atoms with E-state index in [0.717, 1.165) is 30.8 Å². The lowest BCUT2D eigenvalue weighted by Crippen LogP contribution is -2.23. The quantitative estimate of drug-likeness (QED) is 0.337. The summed E-state index contributed by atoms with van der Waals surface area (Å²) in [5.41, 5.74) is 6.26. The Morgan fingerprint density at radius 1 is 1.05 bits per heavy atom. The van der Waals surface area contributed by atoms with E-state index in [2.05, 4.69) is 4.98 Å². The van der Waals surface area contributed by atoms with Gasteiger partial charge in [-0.15, -0.1) is 0 Å². The summed E-state index contributed by atoms with van der Waals surface area (Å²) >= 11 is 0. The van der Waals surface area contributed by atoms with Crippen molar-refractivity contribution in [1.82, 2.24) is 14.4 Å². The molecule has 2 heterocycles. The number of halogens is 3. The van der Waals surface area contributed by atoms with Crippen LogP contribution in [0.3, 0.4) is 0 Å². The monoisotopic (exact) mass is 522 g/mol. The number of imidazole rings is 1. The van der Waals surface area contributed by atoms with Crippen molar-refractivity contribution >= 4 is 17.3 Å². The number of benzene rings is 2. The predicted molar refractivity (Wildman–Crippen MR) is 133 cm³/mol. The lowest BCUT2D eigenvalue weighted by Gasteiger charge is -2.25. The second-order valence-electron chi connectivity index (χ2n) is 10.4. The number of nitrogen functional groups attached to an aromatic ring is 1. The molecule has 4 aromatic rings. The molecule has 7 nitrogen and oxygen atoms in total. The number of hydrogen-bond donors (Lipinski definition) is 3. The summed E-state index contributed by atoms with van der Waals surface area (Å²) in [7, 11) is 0. The number of fused-ring (bicyclic) bond motifs is 2. The van der Waals surface area contributed by atoms with Crippen LogP contribution in [0.4, 0.5) is 19.0 Å². The number of alkyl halides is 3. The minimum Gasteiger partial charge on any atom is -0.481 e. The molecule has 0 saturated heterocycles. The van der Waals surface area contributed by atoms with E-state index in [4.69, 9.17) is 10.7 Å². The molecule has 0 aliphatic heterocycles. The van der Waals surface area contributed by atoms with Crippen molar-refractivity contribution in [3.63, 3.8) is 0 Å². The van der Waals surface area contributed by atoms with Crippen LogP contribution in [0.1, 0.15) is 48.2 Å². The first kappa shape index (κ1) is 24.4. The lowest BCUT2D eigenvalue weighted by atomic mass is 9.87. The van der Waals surface area contributed by atoms with Gasteiger partial charge in [0.15, 0.2) is 0 Å². The summed E-state index contributed by atoms with van der Waals surface area (Å²) in [5, 5.41) is 20.6. The first-order valence-corrected chi connectivity index (χ1v) is 12.3. The maximum atomic E-state index is 13.2. The Kier molecular flexibility index (Phi) is 5.33. The number of aliphatic hydroxyl groups is 1. The van der Waals surface area contributed by atoms with E-state index in [1.165, 1.54) is 19.1 Å². The maximum Gasteiger partial charge on any atom is 0.416 e. The van der Waals surface area contributed by atoms with E-state index in [1.54, 1.807) is 36.7 Å². The van der Waals surface area contributed by atoms with E-state index in [-0.39, 0.29) is 29.2 Å². The average molecular weight is 523 g/mol. The zero-order valence-corrected chi connectivity index (χ0v) is 20.4. The van der Waals surface area contributed by atoms with Crippen LogP contribution in [-0.2, 0) is 16.6 Å². The Balaban J connectivity index is 1.34. The van der Waals surface area contributed by atoms with Crippen LogP contribution in [0.25, 0.3) is 16.8 Å². The normalized spacial score (nSPS) is 24.2. The van der Waals surface area contributed by atoms with Crippen LogP contribution in [0.15, 0.2) is 60.9 Å². The van der Waals surface area contributed by atoms with Crippen LogP contribution >= 0.6 is 0 Å². The molecular formula is C28H25F3N4O3. The smallest absolute Gasteiger partial charge is 0.416 e. The second-order valence-corrected chi connectivity index (χ2v) is 10.4. The highest BCUT2D eigenvalue weighted by Crippen LogP contribution is 2.62. The highest BCUT2D eigenvalue weighted by molar-refractivity contribution is 5.85. The van der Waals surface area contributed by atoms with Crippen LogP contribution < -0.4 is 5.73 Å².